The lowest BCUT2D eigenvalue weighted by Gasteiger charge is -2.30. The van der Waals surface area contributed by atoms with Gasteiger partial charge < -0.3 is 15.3 Å². The van der Waals surface area contributed by atoms with Crippen LogP contribution in [-0.4, -0.2) is 50.8 Å². The minimum Gasteiger partial charge on any atom is -0.481 e. The molecule has 39 heavy (non-hydrogen) atoms. The van der Waals surface area contributed by atoms with Crippen molar-refractivity contribution in [3.05, 3.63) is 69.8 Å². The molecule has 9 nitrogen and oxygen atoms in total. The molecular formula is C28H31Cl2N5O4. The summed E-state index contributed by atoms with van der Waals surface area (Å²) in [5.41, 5.74) is 2.25. The monoisotopic (exact) mass is 571 g/mol. The number of likely N-dealkylation sites (tertiary alicyclic amines) is 1. The molecule has 0 saturated carbocycles. The molecule has 3 N–H and O–H groups in total. The van der Waals surface area contributed by atoms with Crippen LogP contribution in [0.4, 0.5) is 16.3 Å². The molecule has 0 aliphatic carbocycles. The van der Waals surface area contributed by atoms with E-state index in [0.717, 1.165) is 11.3 Å². The van der Waals surface area contributed by atoms with E-state index in [1.807, 2.05) is 45.0 Å². The van der Waals surface area contributed by atoms with Crippen molar-refractivity contribution in [3.8, 4) is 5.69 Å². The number of halogens is 2. The summed E-state index contributed by atoms with van der Waals surface area (Å²) in [7, 11) is 0. The predicted molar refractivity (Wildman–Crippen MR) is 152 cm³/mol. The summed E-state index contributed by atoms with van der Waals surface area (Å²) < 4.78 is 1.62. The number of carboxylic acids is 1. The van der Waals surface area contributed by atoms with Crippen LogP contribution < -0.4 is 10.6 Å². The Morgan fingerprint density at radius 3 is 2.54 bits per heavy atom. The summed E-state index contributed by atoms with van der Waals surface area (Å²) in [5, 5.41) is 20.2. The van der Waals surface area contributed by atoms with Crippen LogP contribution in [0.3, 0.4) is 0 Å². The van der Waals surface area contributed by atoms with Crippen LogP contribution in [0.1, 0.15) is 44.9 Å². The van der Waals surface area contributed by atoms with Gasteiger partial charge in [-0.25, -0.2) is 9.48 Å². The van der Waals surface area contributed by atoms with E-state index >= 15 is 0 Å². The van der Waals surface area contributed by atoms with Crippen LogP contribution in [0.5, 0.6) is 0 Å². The van der Waals surface area contributed by atoms with Crippen molar-refractivity contribution in [3.63, 3.8) is 0 Å². The van der Waals surface area contributed by atoms with E-state index in [2.05, 4.69) is 10.6 Å². The Kier molecular flexibility index (Phi) is 8.51. The van der Waals surface area contributed by atoms with Crippen LogP contribution in [-0.2, 0) is 21.4 Å². The van der Waals surface area contributed by atoms with Gasteiger partial charge in [-0.15, -0.1) is 0 Å². The first-order valence-corrected chi connectivity index (χ1v) is 13.4. The summed E-state index contributed by atoms with van der Waals surface area (Å²) in [5.74, 6) is -1.09. The van der Waals surface area contributed by atoms with Crippen molar-refractivity contribution >= 4 is 52.6 Å². The Morgan fingerprint density at radius 2 is 1.82 bits per heavy atom. The van der Waals surface area contributed by atoms with Crippen molar-refractivity contribution in [1.82, 2.24) is 14.7 Å². The molecule has 3 aromatic rings. The summed E-state index contributed by atoms with van der Waals surface area (Å²) in [4.78, 5) is 38.9. The molecule has 206 valence electrons. The Labute approximate surface area is 237 Å². The second-order valence-electron chi connectivity index (χ2n) is 10.6. The highest BCUT2D eigenvalue weighted by Gasteiger charge is 2.28. The number of rotatable bonds is 6. The highest BCUT2D eigenvalue weighted by Crippen LogP contribution is 2.30. The smallest absolute Gasteiger partial charge is 0.324 e. The molecule has 3 amide bonds. The predicted octanol–water partition coefficient (Wildman–Crippen LogP) is 5.99. The first kappa shape index (κ1) is 28.4. The lowest BCUT2D eigenvalue weighted by molar-refractivity contribution is -0.145. The molecule has 1 unspecified atom stereocenters. The molecule has 1 aromatic heterocycles. The van der Waals surface area contributed by atoms with E-state index in [9.17, 15) is 19.5 Å². The number of urea groups is 1. The number of carboxylic acid groups (broad SMARTS) is 1. The molecular weight excluding hydrogens is 541 g/mol. The number of anilines is 2. The van der Waals surface area contributed by atoms with E-state index in [1.165, 1.54) is 0 Å². The van der Waals surface area contributed by atoms with Crippen molar-refractivity contribution < 1.29 is 19.5 Å². The Hall–Kier alpha value is -3.56. The number of aliphatic carboxylic acids is 1. The van der Waals surface area contributed by atoms with E-state index in [4.69, 9.17) is 28.3 Å². The average molecular weight is 572 g/mol. The van der Waals surface area contributed by atoms with Gasteiger partial charge in [-0.1, -0.05) is 62.2 Å². The molecule has 1 fully saturated rings. The molecule has 1 saturated heterocycles. The number of aromatic nitrogens is 2. The molecule has 0 spiro atoms. The summed E-state index contributed by atoms with van der Waals surface area (Å²) in [6, 6.07) is 13.6. The number of nitrogens with zero attached hydrogens (tertiary/aromatic N) is 3. The van der Waals surface area contributed by atoms with E-state index in [-0.39, 0.29) is 29.3 Å². The number of amides is 3. The quantitative estimate of drug-likeness (QED) is 0.336. The standard InChI is InChI=1S/C28H31Cl2N5O4/c1-28(2,3)22-15-23(32-27(39)31-21-11-5-10-20(29)25(21)30)35(33-22)19-9-4-7-17(13-19)14-24(36)34-12-6-8-18(16-34)26(37)38/h4-5,7,9-11,13,15,18H,6,8,12,14,16H2,1-3H3,(H,37,38)(H2,31,32,39). The fraction of sp³-hybridized carbons (Fsp3) is 0.357. The third-order valence-electron chi connectivity index (χ3n) is 6.55. The van der Waals surface area contributed by atoms with E-state index in [0.29, 0.717) is 41.6 Å². The van der Waals surface area contributed by atoms with E-state index < -0.39 is 17.9 Å². The van der Waals surface area contributed by atoms with Crippen molar-refractivity contribution in [1.29, 1.82) is 0 Å². The largest absolute Gasteiger partial charge is 0.481 e. The number of nitrogens with one attached hydrogen (secondary N) is 2. The third kappa shape index (κ3) is 6.91. The molecule has 0 bridgehead atoms. The van der Waals surface area contributed by atoms with Gasteiger partial charge in [-0.2, -0.15) is 5.10 Å². The lowest BCUT2D eigenvalue weighted by Crippen LogP contribution is -2.43. The minimum atomic E-state index is -0.871. The SMILES string of the molecule is CC(C)(C)c1cc(NC(=O)Nc2cccc(Cl)c2Cl)n(-c2cccc(CC(=O)N3CCCC(C(=O)O)C3)c2)n1. The van der Waals surface area contributed by atoms with Crippen LogP contribution in [0.2, 0.25) is 10.0 Å². The number of hydrogen-bond donors (Lipinski definition) is 3. The second-order valence-corrected chi connectivity index (χ2v) is 11.4. The molecule has 4 rings (SSSR count). The Balaban J connectivity index is 1.56. The molecule has 2 aromatic carbocycles. The zero-order valence-electron chi connectivity index (χ0n) is 22.0. The third-order valence-corrected chi connectivity index (χ3v) is 7.37. The first-order chi connectivity index (χ1) is 18.4. The van der Waals surface area contributed by atoms with Gasteiger partial charge in [-0.3, -0.25) is 14.9 Å². The fourth-order valence-corrected chi connectivity index (χ4v) is 4.74. The van der Waals surface area contributed by atoms with Crippen molar-refractivity contribution in [2.45, 2.75) is 45.4 Å². The van der Waals surface area contributed by atoms with Gasteiger partial charge >= 0.3 is 12.0 Å². The number of carbonyl (C=O) groups excluding carboxylic acids is 2. The molecule has 11 heteroatoms. The lowest BCUT2D eigenvalue weighted by atomic mass is 9.92. The molecule has 2 heterocycles. The maximum absolute atomic E-state index is 13.0. The maximum atomic E-state index is 13.0. The Morgan fingerprint density at radius 1 is 1.08 bits per heavy atom. The maximum Gasteiger partial charge on any atom is 0.324 e. The zero-order chi connectivity index (χ0) is 28.3. The molecule has 1 aliphatic rings. The minimum absolute atomic E-state index is 0.120. The van der Waals surface area contributed by atoms with Crippen LogP contribution in [0, 0.1) is 5.92 Å². The number of benzene rings is 2. The molecule has 0 radical (unpaired) electrons. The van der Waals surface area contributed by atoms with E-state index in [1.54, 1.807) is 33.8 Å². The van der Waals surface area contributed by atoms with Gasteiger partial charge in [0.15, 0.2) is 0 Å². The van der Waals surface area contributed by atoms with Crippen molar-refractivity contribution in [2.24, 2.45) is 5.92 Å². The average Bonchev–Trinajstić information content (AvgIpc) is 3.31. The normalized spacial score (nSPS) is 15.6. The van der Waals surface area contributed by atoms with Gasteiger partial charge in [0, 0.05) is 24.6 Å². The molecule has 1 atom stereocenters. The second kappa shape index (κ2) is 11.7. The topological polar surface area (TPSA) is 117 Å². The van der Waals surface area contributed by atoms with Crippen LogP contribution >= 0.6 is 23.2 Å². The summed E-state index contributed by atoms with van der Waals surface area (Å²) >= 11 is 12.3. The number of carbonyl (C=O) groups is 3. The number of hydrogen-bond acceptors (Lipinski definition) is 4. The zero-order valence-corrected chi connectivity index (χ0v) is 23.5. The van der Waals surface area contributed by atoms with Gasteiger partial charge in [0.05, 0.1) is 39.5 Å². The summed E-state index contributed by atoms with van der Waals surface area (Å²) in [6.07, 6.45) is 1.38. The van der Waals surface area contributed by atoms with Gasteiger partial charge in [0.1, 0.15) is 5.82 Å². The van der Waals surface area contributed by atoms with Crippen LogP contribution in [0.25, 0.3) is 5.69 Å². The highest BCUT2D eigenvalue weighted by molar-refractivity contribution is 6.44. The van der Waals surface area contributed by atoms with Gasteiger partial charge in [0.25, 0.3) is 0 Å². The molecule has 1 aliphatic heterocycles. The first-order valence-electron chi connectivity index (χ1n) is 12.6. The van der Waals surface area contributed by atoms with Gasteiger partial charge in [0.2, 0.25) is 5.91 Å². The van der Waals surface area contributed by atoms with Crippen molar-refractivity contribution in [2.75, 3.05) is 23.7 Å². The van der Waals surface area contributed by atoms with Gasteiger partial charge in [-0.05, 0) is 42.7 Å². The fourth-order valence-electron chi connectivity index (χ4n) is 4.39. The highest BCUT2D eigenvalue weighted by atomic mass is 35.5. The number of piperidine rings is 1. The van der Waals surface area contributed by atoms with Crippen LogP contribution in [0.15, 0.2) is 48.5 Å². The Bertz CT molecular complexity index is 1400. The summed E-state index contributed by atoms with van der Waals surface area (Å²) in [6.45, 7) is 6.84.